The first-order chi connectivity index (χ1) is 10.9. The number of H-pyrrole nitrogens is 1. The maximum atomic E-state index is 13.0. The molecule has 1 aliphatic rings. The number of hydrogen-bond acceptors (Lipinski definition) is 2. The number of nitrogens with zero attached hydrogens (tertiary/aromatic N) is 1. The summed E-state index contributed by atoms with van der Waals surface area (Å²) in [5, 5.41) is 1.15. The van der Waals surface area contributed by atoms with E-state index in [1.54, 1.807) is 0 Å². The summed E-state index contributed by atoms with van der Waals surface area (Å²) in [6.45, 7) is 9.82. The van der Waals surface area contributed by atoms with Gasteiger partial charge in [0.1, 0.15) is 5.69 Å². The first-order valence-electron chi connectivity index (χ1n) is 8.56. The molecule has 2 atom stereocenters. The minimum Gasteiger partial charge on any atom is -0.350 e. The van der Waals surface area contributed by atoms with Crippen LogP contribution in [0, 0.1) is 26.7 Å². The summed E-state index contributed by atoms with van der Waals surface area (Å²) in [6.07, 6.45) is 2.21. The predicted molar refractivity (Wildman–Crippen MR) is 94.8 cm³/mol. The predicted octanol–water partition coefficient (Wildman–Crippen LogP) is 3.29. The van der Waals surface area contributed by atoms with Gasteiger partial charge in [0.2, 0.25) is 0 Å². The highest BCUT2D eigenvalue weighted by Gasteiger charge is 2.33. The fourth-order valence-electron chi connectivity index (χ4n) is 3.89. The molecule has 4 heteroatoms. The summed E-state index contributed by atoms with van der Waals surface area (Å²) < 4.78 is 0. The highest BCUT2D eigenvalue weighted by molar-refractivity contribution is 6.01. The lowest BCUT2D eigenvalue weighted by Gasteiger charge is -2.16. The van der Waals surface area contributed by atoms with Crippen molar-refractivity contribution in [3.63, 3.8) is 0 Å². The van der Waals surface area contributed by atoms with Crippen LogP contribution < -0.4 is 5.73 Å². The van der Waals surface area contributed by atoms with Gasteiger partial charge in [-0.15, -0.1) is 0 Å². The van der Waals surface area contributed by atoms with Crippen LogP contribution in [-0.2, 0) is 0 Å². The molecule has 23 heavy (non-hydrogen) atoms. The lowest BCUT2D eigenvalue weighted by atomic mass is 9.99. The Morgan fingerprint density at radius 1 is 1.30 bits per heavy atom. The number of hydrogen-bond donors (Lipinski definition) is 2. The number of likely N-dealkylation sites (tertiary alicyclic amines) is 1. The van der Waals surface area contributed by atoms with Crippen LogP contribution in [0.5, 0.6) is 0 Å². The molecule has 0 aliphatic carbocycles. The molecule has 0 bridgehead atoms. The van der Waals surface area contributed by atoms with Crippen LogP contribution >= 0.6 is 0 Å². The maximum Gasteiger partial charge on any atom is 0.270 e. The Hall–Kier alpha value is -1.81. The molecule has 2 aromatic rings. The zero-order valence-corrected chi connectivity index (χ0v) is 14.6. The van der Waals surface area contributed by atoms with Gasteiger partial charge in [-0.1, -0.05) is 25.0 Å². The molecule has 0 saturated carbocycles. The van der Waals surface area contributed by atoms with E-state index >= 15 is 0 Å². The van der Waals surface area contributed by atoms with E-state index in [1.807, 2.05) is 11.8 Å². The standard InChI is InChI=1S/C19H27N3O/c1-5-6-14-9-22(10-16(14)20)19(23)18-13(4)15-8-11(2)7-12(3)17(15)21-18/h7-8,14,16,21H,5-6,9-10,20H2,1-4H3/t14-,16-/m0/s1. The Labute approximate surface area is 138 Å². The minimum absolute atomic E-state index is 0.0878. The number of benzene rings is 1. The van der Waals surface area contributed by atoms with Gasteiger partial charge in [-0.3, -0.25) is 4.79 Å². The third-order valence-electron chi connectivity index (χ3n) is 5.16. The molecule has 0 radical (unpaired) electrons. The molecule has 0 unspecified atom stereocenters. The number of carbonyl (C=O) groups is 1. The number of amides is 1. The van der Waals surface area contributed by atoms with Crippen LogP contribution in [-0.4, -0.2) is 34.9 Å². The van der Waals surface area contributed by atoms with Crippen LogP contribution in [0.15, 0.2) is 12.1 Å². The molecule has 4 nitrogen and oxygen atoms in total. The van der Waals surface area contributed by atoms with Gasteiger partial charge in [-0.05, 0) is 50.3 Å². The number of nitrogens with two attached hydrogens (primary N) is 1. The van der Waals surface area contributed by atoms with Crippen molar-refractivity contribution < 1.29 is 4.79 Å². The van der Waals surface area contributed by atoms with Crippen LogP contribution in [0.25, 0.3) is 10.9 Å². The lowest BCUT2D eigenvalue weighted by Crippen LogP contribution is -2.32. The van der Waals surface area contributed by atoms with Crippen molar-refractivity contribution in [1.29, 1.82) is 0 Å². The highest BCUT2D eigenvalue weighted by atomic mass is 16.2. The summed E-state index contributed by atoms with van der Waals surface area (Å²) in [4.78, 5) is 18.3. The minimum atomic E-state index is 0.0878. The third kappa shape index (κ3) is 2.76. The zero-order chi connectivity index (χ0) is 16.7. The van der Waals surface area contributed by atoms with Crippen molar-refractivity contribution in [2.75, 3.05) is 13.1 Å². The van der Waals surface area contributed by atoms with Gasteiger partial charge in [0.25, 0.3) is 5.91 Å². The quantitative estimate of drug-likeness (QED) is 0.913. The Bertz CT molecular complexity index is 747. The van der Waals surface area contributed by atoms with E-state index in [2.05, 4.69) is 37.9 Å². The van der Waals surface area contributed by atoms with Crippen LogP contribution in [0.3, 0.4) is 0 Å². The third-order valence-corrected chi connectivity index (χ3v) is 5.16. The van der Waals surface area contributed by atoms with Gasteiger partial charge in [-0.25, -0.2) is 0 Å². The molecule has 1 aliphatic heterocycles. The number of nitrogens with one attached hydrogen (secondary N) is 1. The summed E-state index contributed by atoms with van der Waals surface area (Å²) >= 11 is 0. The fourth-order valence-corrected chi connectivity index (χ4v) is 3.89. The average Bonchev–Trinajstić information content (AvgIpc) is 3.01. The number of aryl methyl sites for hydroxylation is 3. The van der Waals surface area contributed by atoms with E-state index in [-0.39, 0.29) is 11.9 Å². The van der Waals surface area contributed by atoms with Gasteiger partial charge in [0.05, 0.1) is 0 Å². The average molecular weight is 313 g/mol. The second kappa shape index (κ2) is 6.00. The summed E-state index contributed by atoms with van der Waals surface area (Å²) in [7, 11) is 0. The summed E-state index contributed by atoms with van der Waals surface area (Å²) in [6, 6.07) is 4.41. The topological polar surface area (TPSA) is 62.1 Å². The van der Waals surface area contributed by atoms with Crippen LogP contribution in [0.1, 0.15) is 46.9 Å². The number of aromatic nitrogens is 1. The highest BCUT2D eigenvalue weighted by Crippen LogP contribution is 2.28. The van der Waals surface area contributed by atoms with Gasteiger partial charge in [-0.2, -0.15) is 0 Å². The molecule has 124 valence electrons. The largest absolute Gasteiger partial charge is 0.350 e. The zero-order valence-electron chi connectivity index (χ0n) is 14.6. The monoisotopic (exact) mass is 313 g/mol. The molecular formula is C19H27N3O. The second-order valence-electron chi connectivity index (χ2n) is 7.05. The van der Waals surface area contributed by atoms with Gasteiger partial charge >= 0.3 is 0 Å². The van der Waals surface area contributed by atoms with Crippen molar-refractivity contribution in [3.05, 3.63) is 34.5 Å². The molecule has 1 fully saturated rings. The number of carbonyl (C=O) groups excluding carboxylic acids is 1. The molecule has 3 rings (SSSR count). The van der Waals surface area contributed by atoms with Crippen LogP contribution in [0.4, 0.5) is 0 Å². The Morgan fingerprint density at radius 3 is 2.74 bits per heavy atom. The first kappa shape index (κ1) is 16.1. The summed E-state index contributed by atoms with van der Waals surface area (Å²) in [5.41, 5.74) is 11.5. The van der Waals surface area contributed by atoms with Gasteiger partial charge in [0.15, 0.2) is 0 Å². The van der Waals surface area contributed by atoms with E-state index in [4.69, 9.17) is 5.73 Å². The molecule has 0 spiro atoms. The van der Waals surface area contributed by atoms with Crippen molar-refractivity contribution >= 4 is 16.8 Å². The van der Waals surface area contributed by atoms with E-state index in [0.717, 1.165) is 41.5 Å². The van der Waals surface area contributed by atoms with Crippen LogP contribution in [0.2, 0.25) is 0 Å². The van der Waals surface area contributed by atoms with E-state index < -0.39 is 0 Å². The molecule has 1 saturated heterocycles. The Kier molecular flexibility index (Phi) is 4.19. The van der Waals surface area contributed by atoms with Gasteiger partial charge < -0.3 is 15.6 Å². The van der Waals surface area contributed by atoms with Crippen molar-refractivity contribution in [2.45, 2.75) is 46.6 Å². The van der Waals surface area contributed by atoms with Crippen molar-refractivity contribution in [3.8, 4) is 0 Å². The number of aromatic amines is 1. The van der Waals surface area contributed by atoms with E-state index in [1.165, 1.54) is 11.1 Å². The van der Waals surface area contributed by atoms with Crippen molar-refractivity contribution in [2.24, 2.45) is 11.7 Å². The normalized spacial score (nSPS) is 21.3. The van der Waals surface area contributed by atoms with E-state index in [0.29, 0.717) is 12.5 Å². The van der Waals surface area contributed by atoms with Crippen molar-refractivity contribution in [1.82, 2.24) is 9.88 Å². The molecule has 1 aromatic heterocycles. The molecular weight excluding hydrogens is 286 g/mol. The summed E-state index contributed by atoms with van der Waals surface area (Å²) in [5.74, 6) is 0.516. The molecule has 1 aromatic carbocycles. The number of fused-ring (bicyclic) bond motifs is 1. The Balaban J connectivity index is 1.93. The number of rotatable bonds is 3. The Morgan fingerprint density at radius 2 is 2.04 bits per heavy atom. The fraction of sp³-hybridized carbons (Fsp3) is 0.526. The molecule has 3 N–H and O–H groups in total. The first-order valence-corrected chi connectivity index (χ1v) is 8.56. The SMILES string of the molecule is CCC[C@H]1CN(C(=O)c2[nH]c3c(C)cc(C)cc3c2C)C[C@@H]1N. The molecule has 1 amide bonds. The maximum absolute atomic E-state index is 13.0. The lowest BCUT2D eigenvalue weighted by molar-refractivity contribution is 0.0780. The second-order valence-corrected chi connectivity index (χ2v) is 7.05. The van der Waals surface area contributed by atoms with Gasteiger partial charge in [0, 0.05) is 30.0 Å². The van der Waals surface area contributed by atoms with E-state index in [9.17, 15) is 4.79 Å². The molecule has 2 heterocycles. The smallest absolute Gasteiger partial charge is 0.270 e.